The Balaban J connectivity index is 1.90. The van der Waals surface area contributed by atoms with Crippen LogP contribution in [-0.4, -0.2) is 26.4 Å². The van der Waals surface area contributed by atoms with E-state index in [9.17, 15) is 4.39 Å². The van der Waals surface area contributed by atoms with Crippen molar-refractivity contribution in [3.05, 3.63) is 24.0 Å². The smallest absolute Gasteiger partial charge is 0.167 e. The number of ether oxygens (including phenoxy) is 2. The van der Waals surface area contributed by atoms with E-state index in [1.54, 1.807) is 6.07 Å². The first-order chi connectivity index (χ1) is 8.29. The molecule has 1 fully saturated rings. The zero-order valence-corrected chi connectivity index (χ0v) is 10.0. The molecule has 0 aliphatic carbocycles. The Labute approximate surface area is 101 Å². The third kappa shape index (κ3) is 3.33. The van der Waals surface area contributed by atoms with Crippen molar-refractivity contribution >= 4 is 5.69 Å². The van der Waals surface area contributed by atoms with E-state index in [1.165, 1.54) is 6.07 Å². The molecule has 17 heavy (non-hydrogen) atoms. The van der Waals surface area contributed by atoms with Crippen molar-refractivity contribution in [2.24, 2.45) is 5.92 Å². The van der Waals surface area contributed by atoms with Gasteiger partial charge in [-0.05, 0) is 25.5 Å². The van der Waals surface area contributed by atoms with Crippen molar-refractivity contribution in [3.63, 3.8) is 0 Å². The molecule has 0 saturated carbocycles. The van der Waals surface area contributed by atoms with E-state index in [0.29, 0.717) is 18.3 Å². The molecule has 2 rings (SSSR count). The first-order valence-electron chi connectivity index (χ1n) is 6.03. The minimum atomic E-state index is -0.320. The maximum Gasteiger partial charge on any atom is 0.167 e. The van der Waals surface area contributed by atoms with Crippen molar-refractivity contribution in [1.82, 2.24) is 0 Å². The van der Waals surface area contributed by atoms with Crippen molar-refractivity contribution in [2.75, 3.05) is 31.7 Å². The molecule has 0 amide bonds. The van der Waals surface area contributed by atoms with Crippen molar-refractivity contribution in [2.45, 2.75) is 13.3 Å². The van der Waals surface area contributed by atoms with Gasteiger partial charge in [0.1, 0.15) is 0 Å². The first kappa shape index (κ1) is 12.2. The second-order valence-electron chi connectivity index (χ2n) is 4.19. The normalized spacial score (nSPS) is 19.3. The monoisotopic (exact) mass is 239 g/mol. The molecule has 0 spiro atoms. The minimum Gasteiger partial charge on any atom is -0.491 e. The van der Waals surface area contributed by atoms with Gasteiger partial charge in [0.25, 0.3) is 0 Å². The van der Waals surface area contributed by atoms with Crippen molar-refractivity contribution in [1.29, 1.82) is 0 Å². The fourth-order valence-electron chi connectivity index (χ4n) is 1.89. The molecule has 1 aliphatic heterocycles. The van der Waals surface area contributed by atoms with Crippen LogP contribution < -0.4 is 10.1 Å². The lowest BCUT2D eigenvalue weighted by Crippen LogP contribution is -2.14. The summed E-state index contributed by atoms with van der Waals surface area (Å²) in [6, 6.07) is 4.97. The van der Waals surface area contributed by atoms with Crippen LogP contribution in [0.4, 0.5) is 10.1 Å². The molecule has 1 N–H and O–H groups in total. The maximum absolute atomic E-state index is 13.5. The molecular weight excluding hydrogens is 221 g/mol. The van der Waals surface area contributed by atoms with Crippen LogP contribution >= 0.6 is 0 Å². The number of rotatable bonds is 5. The van der Waals surface area contributed by atoms with E-state index in [2.05, 4.69) is 5.32 Å². The van der Waals surface area contributed by atoms with E-state index >= 15 is 0 Å². The molecule has 1 heterocycles. The number of nitrogens with one attached hydrogen (secondary N) is 1. The van der Waals surface area contributed by atoms with Gasteiger partial charge in [-0.2, -0.15) is 0 Å². The van der Waals surface area contributed by atoms with E-state index in [0.717, 1.165) is 31.9 Å². The predicted octanol–water partition coefficient (Wildman–Crippen LogP) is 2.67. The Morgan fingerprint density at radius 2 is 2.41 bits per heavy atom. The van der Waals surface area contributed by atoms with Gasteiger partial charge in [0.05, 0.1) is 13.2 Å². The van der Waals surface area contributed by atoms with Crippen LogP contribution in [0.5, 0.6) is 5.75 Å². The first-order valence-corrected chi connectivity index (χ1v) is 6.03. The molecular formula is C13H18FNO2. The van der Waals surface area contributed by atoms with Crippen molar-refractivity contribution < 1.29 is 13.9 Å². The summed E-state index contributed by atoms with van der Waals surface area (Å²) < 4.78 is 24.0. The Morgan fingerprint density at radius 3 is 3.06 bits per heavy atom. The van der Waals surface area contributed by atoms with Gasteiger partial charge in [0.15, 0.2) is 11.6 Å². The van der Waals surface area contributed by atoms with E-state index in [4.69, 9.17) is 9.47 Å². The summed E-state index contributed by atoms with van der Waals surface area (Å²) in [5.41, 5.74) is 0.790. The number of hydrogen-bond donors (Lipinski definition) is 1. The predicted molar refractivity (Wildman–Crippen MR) is 65.0 cm³/mol. The number of anilines is 1. The van der Waals surface area contributed by atoms with E-state index in [-0.39, 0.29) is 5.82 Å². The third-order valence-corrected chi connectivity index (χ3v) is 2.85. The Morgan fingerprint density at radius 1 is 1.53 bits per heavy atom. The molecule has 1 aromatic carbocycles. The maximum atomic E-state index is 13.5. The van der Waals surface area contributed by atoms with Crippen LogP contribution in [-0.2, 0) is 4.74 Å². The van der Waals surface area contributed by atoms with Crippen LogP contribution in [0, 0.1) is 11.7 Å². The standard InChI is InChI=1S/C13H18FNO2/c1-2-17-13-4-3-11(7-12(13)14)15-8-10-5-6-16-9-10/h3-4,7,10,15H,2,5-6,8-9H2,1H3. The van der Waals surface area contributed by atoms with Crippen LogP contribution in [0.3, 0.4) is 0 Å². The lowest BCUT2D eigenvalue weighted by molar-refractivity contribution is 0.187. The topological polar surface area (TPSA) is 30.5 Å². The Kier molecular flexibility index (Phi) is 4.20. The lowest BCUT2D eigenvalue weighted by atomic mass is 10.1. The third-order valence-electron chi connectivity index (χ3n) is 2.85. The highest BCUT2D eigenvalue weighted by Gasteiger charge is 2.15. The van der Waals surface area contributed by atoms with Gasteiger partial charge in [-0.15, -0.1) is 0 Å². The Bertz CT molecular complexity index is 364. The van der Waals surface area contributed by atoms with Gasteiger partial charge >= 0.3 is 0 Å². The lowest BCUT2D eigenvalue weighted by Gasteiger charge is -2.12. The zero-order valence-electron chi connectivity index (χ0n) is 10.0. The summed E-state index contributed by atoms with van der Waals surface area (Å²) in [5, 5.41) is 3.22. The summed E-state index contributed by atoms with van der Waals surface area (Å²) >= 11 is 0. The summed E-state index contributed by atoms with van der Waals surface area (Å²) in [5.74, 6) is 0.520. The minimum absolute atomic E-state index is 0.308. The highest BCUT2D eigenvalue weighted by molar-refractivity contribution is 5.47. The van der Waals surface area contributed by atoms with Gasteiger partial charge in [0.2, 0.25) is 0 Å². The number of hydrogen-bond acceptors (Lipinski definition) is 3. The molecule has 4 heteroatoms. The molecule has 1 unspecified atom stereocenters. The van der Waals surface area contributed by atoms with E-state index < -0.39 is 0 Å². The molecule has 0 aromatic heterocycles. The SMILES string of the molecule is CCOc1ccc(NCC2CCOC2)cc1F. The molecule has 1 aliphatic rings. The van der Waals surface area contributed by atoms with Crippen LogP contribution in [0.25, 0.3) is 0 Å². The molecule has 1 atom stereocenters. The number of halogens is 1. The molecule has 1 saturated heterocycles. The molecule has 94 valence electrons. The quantitative estimate of drug-likeness (QED) is 0.857. The second kappa shape index (κ2) is 5.87. The highest BCUT2D eigenvalue weighted by Crippen LogP contribution is 2.22. The van der Waals surface area contributed by atoms with Gasteiger partial charge in [-0.25, -0.2) is 4.39 Å². The molecule has 3 nitrogen and oxygen atoms in total. The summed E-state index contributed by atoms with van der Waals surface area (Å²) in [6.45, 7) is 4.78. The summed E-state index contributed by atoms with van der Waals surface area (Å²) in [6.07, 6.45) is 1.08. The van der Waals surface area contributed by atoms with E-state index in [1.807, 2.05) is 13.0 Å². The van der Waals surface area contributed by atoms with Gasteiger partial charge in [-0.1, -0.05) is 0 Å². The fourth-order valence-corrected chi connectivity index (χ4v) is 1.89. The zero-order chi connectivity index (χ0) is 12.1. The fraction of sp³-hybridized carbons (Fsp3) is 0.538. The van der Waals surface area contributed by atoms with Crippen LogP contribution in [0.1, 0.15) is 13.3 Å². The molecule has 0 radical (unpaired) electrons. The van der Waals surface area contributed by atoms with Crippen LogP contribution in [0.15, 0.2) is 18.2 Å². The van der Waals surface area contributed by atoms with Gasteiger partial charge in [-0.3, -0.25) is 0 Å². The second-order valence-corrected chi connectivity index (χ2v) is 4.19. The molecule has 0 bridgehead atoms. The molecule has 1 aromatic rings. The van der Waals surface area contributed by atoms with Crippen LogP contribution in [0.2, 0.25) is 0 Å². The van der Waals surface area contributed by atoms with Gasteiger partial charge < -0.3 is 14.8 Å². The average molecular weight is 239 g/mol. The number of benzene rings is 1. The Hall–Kier alpha value is -1.29. The summed E-state index contributed by atoms with van der Waals surface area (Å²) in [4.78, 5) is 0. The van der Waals surface area contributed by atoms with Gasteiger partial charge in [0, 0.05) is 30.8 Å². The highest BCUT2D eigenvalue weighted by atomic mass is 19.1. The average Bonchev–Trinajstić information content (AvgIpc) is 2.83. The summed E-state index contributed by atoms with van der Waals surface area (Å²) in [7, 11) is 0. The largest absolute Gasteiger partial charge is 0.491 e. The van der Waals surface area contributed by atoms with Crippen molar-refractivity contribution in [3.8, 4) is 5.75 Å².